The molecule has 0 atom stereocenters. The van der Waals surface area contributed by atoms with Gasteiger partial charge in [0, 0.05) is 13.0 Å². The molecule has 0 saturated carbocycles. The van der Waals surface area contributed by atoms with Crippen molar-refractivity contribution in [3.63, 3.8) is 0 Å². The second kappa shape index (κ2) is 4.45. The third-order valence-electron chi connectivity index (χ3n) is 2.37. The number of hydrogen-bond acceptors (Lipinski definition) is 3. The van der Waals surface area contributed by atoms with E-state index in [2.05, 4.69) is 0 Å². The Bertz CT molecular complexity index is 560. The molecule has 2 aromatic rings. The normalized spacial score (nSPS) is 10.9. The van der Waals surface area contributed by atoms with Crippen molar-refractivity contribution in [1.82, 2.24) is 0 Å². The summed E-state index contributed by atoms with van der Waals surface area (Å²) in [7, 11) is 0. The molecule has 0 radical (unpaired) electrons. The van der Waals surface area contributed by atoms with Crippen molar-refractivity contribution in [1.29, 1.82) is 0 Å². The first-order valence-corrected chi connectivity index (χ1v) is 5.04. The third kappa shape index (κ3) is 1.97. The molecule has 0 saturated heterocycles. The zero-order valence-corrected chi connectivity index (χ0v) is 8.57. The molecule has 0 unspecified atom stereocenters. The lowest BCUT2D eigenvalue weighted by molar-refractivity contribution is 0.283. The molecule has 0 aliphatic heterocycles. The Morgan fingerprint density at radius 1 is 1.38 bits per heavy atom. The molecule has 1 heterocycles. The molecule has 0 fully saturated rings. The van der Waals surface area contributed by atoms with Gasteiger partial charge in [0.05, 0.1) is 0 Å². The van der Waals surface area contributed by atoms with Crippen molar-refractivity contribution in [3.05, 3.63) is 46.3 Å². The van der Waals surface area contributed by atoms with E-state index in [4.69, 9.17) is 9.52 Å². The first-order chi connectivity index (χ1) is 7.72. The largest absolute Gasteiger partial charge is 0.427 e. The molecule has 1 aromatic carbocycles. The summed E-state index contributed by atoms with van der Waals surface area (Å²) in [5.74, 6) is -0.0999. The number of halogens is 1. The summed E-state index contributed by atoms with van der Waals surface area (Å²) in [6.45, 7) is 0.0326. The van der Waals surface area contributed by atoms with Crippen molar-refractivity contribution in [3.8, 4) is 0 Å². The second-order valence-corrected chi connectivity index (χ2v) is 3.53. The van der Waals surface area contributed by atoms with Crippen molar-refractivity contribution >= 4 is 10.8 Å². The highest BCUT2D eigenvalue weighted by Crippen LogP contribution is 2.16. The van der Waals surface area contributed by atoms with Crippen LogP contribution in [0.2, 0.25) is 0 Å². The summed E-state index contributed by atoms with van der Waals surface area (Å²) in [5, 5.41) is 9.19. The Balaban J connectivity index is 2.55. The molecule has 0 aliphatic carbocycles. The number of hydrogen-bond donors (Lipinski definition) is 1. The van der Waals surface area contributed by atoms with Crippen LogP contribution in [0.15, 0.2) is 33.5 Å². The lowest BCUT2D eigenvalue weighted by Crippen LogP contribution is -2.04. The Hall–Kier alpha value is -1.68. The average Bonchev–Trinajstić information content (AvgIpc) is 2.26. The number of aliphatic hydroxyl groups excluding tert-OH is 1. The fraction of sp³-hybridized carbons (Fsp3) is 0.250. The second-order valence-electron chi connectivity index (χ2n) is 3.53. The zero-order valence-electron chi connectivity index (χ0n) is 8.57. The minimum absolute atomic E-state index is 0.0183. The monoisotopic (exact) mass is 222 g/mol. The van der Waals surface area contributed by atoms with E-state index in [1.165, 1.54) is 6.07 Å². The zero-order chi connectivity index (χ0) is 11.5. The van der Waals surface area contributed by atoms with Gasteiger partial charge in [-0.2, -0.15) is 0 Å². The molecule has 84 valence electrons. The summed E-state index contributed by atoms with van der Waals surface area (Å²) in [4.78, 5) is 11.5. The first-order valence-electron chi connectivity index (χ1n) is 5.04. The molecule has 1 aromatic heterocycles. The van der Waals surface area contributed by atoms with Crippen LogP contribution in [0.5, 0.6) is 0 Å². The van der Waals surface area contributed by atoms with Gasteiger partial charge in [0.15, 0.2) is 0 Å². The van der Waals surface area contributed by atoms with Crippen LogP contribution in [0.4, 0.5) is 4.39 Å². The molecular weight excluding hydrogens is 211 g/mol. The topological polar surface area (TPSA) is 50.4 Å². The fourth-order valence-corrected chi connectivity index (χ4v) is 1.63. The molecular formula is C12H11FO3. The van der Waals surface area contributed by atoms with Crippen LogP contribution in [-0.2, 0) is 6.42 Å². The fourth-order valence-electron chi connectivity index (χ4n) is 1.63. The molecule has 16 heavy (non-hydrogen) atoms. The average molecular weight is 222 g/mol. The Morgan fingerprint density at radius 2 is 2.19 bits per heavy atom. The molecule has 0 aliphatic rings. The minimum Gasteiger partial charge on any atom is -0.427 e. The van der Waals surface area contributed by atoms with Gasteiger partial charge in [-0.1, -0.05) is 12.1 Å². The van der Waals surface area contributed by atoms with Crippen molar-refractivity contribution in [2.45, 2.75) is 12.8 Å². The summed E-state index contributed by atoms with van der Waals surface area (Å²) in [6, 6.07) is 6.08. The van der Waals surface area contributed by atoms with Gasteiger partial charge in [-0.05, 0) is 23.9 Å². The van der Waals surface area contributed by atoms with Gasteiger partial charge < -0.3 is 9.52 Å². The maximum absolute atomic E-state index is 13.3. The molecule has 1 N–H and O–H groups in total. The smallest absolute Gasteiger partial charge is 0.346 e. The van der Waals surface area contributed by atoms with Crippen molar-refractivity contribution < 1.29 is 13.9 Å². The number of aryl methyl sites for hydroxylation is 1. The summed E-state index contributed by atoms with van der Waals surface area (Å²) in [6.07, 6.45) is 0.988. The third-order valence-corrected chi connectivity index (χ3v) is 2.37. The van der Waals surface area contributed by atoms with E-state index >= 15 is 0 Å². The number of aliphatic hydroxyl groups is 1. The molecule has 0 amide bonds. The van der Waals surface area contributed by atoms with Crippen molar-refractivity contribution in [2.24, 2.45) is 0 Å². The number of rotatable bonds is 3. The predicted molar refractivity (Wildman–Crippen MR) is 57.8 cm³/mol. The molecule has 0 bridgehead atoms. The van der Waals surface area contributed by atoms with E-state index in [1.807, 2.05) is 0 Å². The van der Waals surface area contributed by atoms with Gasteiger partial charge in [0.2, 0.25) is 0 Å². The number of fused-ring (bicyclic) bond motifs is 1. The van der Waals surface area contributed by atoms with E-state index in [0.29, 0.717) is 24.0 Å². The highest BCUT2D eigenvalue weighted by atomic mass is 19.1. The van der Waals surface area contributed by atoms with E-state index in [9.17, 15) is 9.18 Å². The lowest BCUT2D eigenvalue weighted by atomic mass is 10.1. The van der Waals surface area contributed by atoms with Gasteiger partial charge in [0.25, 0.3) is 0 Å². The van der Waals surface area contributed by atoms with E-state index in [-0.39, 0.29) is 12.0 Å². The maximum atomic E-state index is 13.3. The van der Waals surface area contributed by atoms with Crippen LogP contribution in [0.25, 0.3) is 10.8 Å². The summed E-state index contributed by atoms with van der Waals surface area (Å²) < 4.78 is 18.3. The summed E-state index contributed by atoms with van der Waals surface area (Å²) in [5.41, 5.74) is -0.663. The predicted octanol–water partition coefficient (Wildman–Crippen LogP) is 1.86. The Labute approximate surface area is 91.1 Å². The SMILES string of the molecule is O=c1oc(CCCO)cc2cccc(F)c12. The van der Waals surface area contributed by atoms with Crippen LogP contribution in [0.3, 0.4) is 0 Å². The van der Waals surface area contributed by atoms with Crippen LogP contribution in [-0.4, -0.2) is 11.7 Å². The van der Waals surface area contributed by atoms with E-state index < -0.39 is 11.4 Å². The van der Waals surface area contributed by atoms with Gasteiger partial charge in [-0.15, -0.1) is 0 Å². The Kier molecular flexibility index (Phi) is 3.01. The quantitative estimate of drug-likeness (QED) is 0.862. The maximum Gasteiger partial charge on any atom is 0.346 e. The van der Waals surface area contributed by atoms with Crippen molar-refractivity contribution in [2.75, 3.05) is 6.61 Å². The first kappa shape index (κ1) is 10.8. The van der Waals surface area contributed by atoms with Crippen LogP contribution >= 0.6 is 0 Å². The van der Waals surface area contributed by atoms with E-state index in [1.54, 1.807) is 18.2 Å². The number of benzene rings is 1. The standard InChI is InChI=1S/C12H11FO3/c13-10-5-1-3-8-7-9(4-2-6-14)16-12(15)11(8)10/h1,3,5,7,14H,2,4,6H2. The Morgan fingerprint density at radius 3 is 2.94 bits per heavy atom. The minimum atomic E-state index is -0.663. The van der Waals surface area contributed by atoms with Crippen LogP contribution in [0, 0.1) is 5.82 Å². The van der Waals surface area contributed by atoms with Gasteiger partial charge in [0.1, 0.15) is 17.0 Å². The molecule has 4 heteroatoms. The molecule has 0 spiro atoms. The highest BCUT2D eigenvalue weighted by Gasteiger charge is 2.08. The van der Waals surface area contributed by atoms with Gasteiger partial charge >= 0.3 is 5.63 Å². The summed E-state index contributed by atoms with van der Waals surface area (Å²) >= 11 is 0. The van der Waals surface area contributed by atoms with Gasteiger partial charge in [-0.25, -0.2) is 9.18 Å². The lowest BCUT2D eigenvalue weighted by Gasteiger charge is -2.01. The van der Waals surface area contributed by atoms with E-state index in [0.717, 1.165) is 0 Å². The molecule has 3 nitrogen and oxygen atoms in total. The van der Waals surface area contributed by atoms with Gasteiger partial charge in [-0.3, -0.25) is 0 Å². The van der Waals surface area contributed by atoms with Crippen LogP contribution < -0.4 is 5.63 Å². The highest BCUT2D eigenvalue weighted by molar-refractivity contribution is 5.81. The molecule has 2 rings (SSSR count). The van der Waals surface area contributed by atoms with Crippen LogP contribution in [0.1, 0.15) is 12.2 Å².